The molecule has 0 fully saturated rings. The lowest BCUT2D eigenvalue weighted by atomic mass is 9.95. The standard InChI is InChI=1S/C17H16N4O3S.ClH/c1-9-13(11-2-3-18-6-10(11)7-19-9)16-20-17(24-21-16)15-14-12(8-25-15)22-4-5-23-14;/h7-8,18H,2-6H2,1H3;1H. The molecular weight excluding hydrogens is 376 g/mol. The summed E-state index contributed by atoms with van der Waals surface area (Å²) in [5, 5.41) is 9.51. The van der Waals surface area contributed by atoms with Crippen LogP contribution in [0, 0.1) is 6.92 Å². The van der Waals surface area contributed by atoms with Gasteiger partial charge in [0.15, 0.2) is 11.5 Å². The van der Waals surface area contributed by atoms with Crippen LogP contribution in [0.15, 0.2) is 16.1 Å². The molecule has 5 heterocycles. The number of ether oxygens (including phenoxy) is 2. The third-order valence-electron chi connectivity index (χ3n) is 4.48. The van der Waals surface area contributed by atoms with E-state index in [0.717, 1.165) is 41.4 Å². The molecule has 3 aromatic heterocycles. The molecule has 0 bridgehead atoms. The van der Waals surface area contributed by atoms with Gasteiger partial charge < -0.3 is 19.3 Å². The van der Waals surface area contributed by atoms with Gasteiger partial charge in [-0.3, -0.25) is 4.98 Å². The Labute approximate surface area is 160 Å². The molecule has 0 spiro atoms. The Kier molecular flexibility index (Phi) is 4.56. The van der Waals surface area contributed by atoms with Gasteiger partial charge in [-0.1, -0.05) is 5.16 Å². The molecule has 0 unspecified atom stereocenters. The fourth-order valence-corrected chi connectivity index (χ4v) is 4.15. The first-order valence-corrected chi connectivity index (χ1v) is 9.09. The van der Waals surface area contributed by atoms with Crippen LogP contribution < -0.4 is 14.8 Å². The molecule has 5 rings (SSSR count). The Morgan fingerprint density at radius 3 is 3.04 bits per heavy atom. The van der Waals surface area contributed by atoms with E-state index < -0.39 is 0 Å². The van der Waals surface area contributed by atoms with Crippen molar-refractivity contribution >= 4 is 23.7 Å². The average Bonchev–Trinajstić information content (AvgIpc) is 3.28. The Morgan fingerprint density at radius 1 is 1.23 bits per heavy atom. The Morgan fingerprint density at radius 2 is 2.12 bits per heavy atom. The normalized spacial score (nSPS) is 15.3. The van der Waals surface area contributed by atoms with Gasteiger partial charge in [0.25, 0.3) is 5.89 Å². The van der Waals surface area contributed by atoms with Crippen molar-refractivity contribution < 1.29 is 14.0 Å². The molecular formula is C17H17ClN4O3S. The van der Waals surface area contributed by atoms with Crippen molar-refractivity contribution in [3.8, 4) is 33.7 Å². The zero-order valence-electron chi connectivity index (χ0n) is 14.1. The molecule has 0 aromatic carbocycles. The van der Waals surface area contributed by atoms with Gasteiger partial charge in [0, 0.05) is 29.4 Å². The van der Waals surface area contributed by atoms with Gasteiger partial charge in [0.05, 0.1) is 0 Å². The van der Waals surface area contributed by atoms with Gasteiger partial charge in [-0.05, 0) is 31.0 Å². The first-order chi connectivity index (χ1) is 12.3. The maximum Gasteiger partial charge on any atom is 0.272 e. The smallest absolute Gasteiger partial charge is 0.272 e. The second-order valence-electron chi connectivity index (χ2n) is 6.03. The van der Waals surface area contributed by atoms with E-state index >= 15 is 0 Å². The second kappa shape index (κ2) is 6.86. The molecule has 0 amide bonds. The summed E-state index contributed by atoms with van der Waals surface area (Å²) in [7, 11) is 0. The van der Waals surface area contributed by atoms with E-state index in [4.69, 9.17) is 14.0 Å². The quantitative estimate of drug-likeness (QED) is 0.717. The molecule has 26 heavy (non-hydrogen) atoms. The Bertz CT molecular complexity index is 956. The zero-order chi connectivity index (χ0) is 16.8. The number of halogens is 1. The van der Waals surface area contributed by atoms with Crippen LogP contribution in [0.5, 0.6) is 11.5 Å². The van der Waals surface area contributed by atoms with Gasteiger partial charge in [0.2, 0.25) is 5.82 Å². The molecule has 2 aliphatic rings. The predicted molar refractivity (Wildman–Crippen MR) is 99.2 cm³/mol. The molecule has 1 N–H and O–H groups in total. The largest absolute Gasteiger partial charge is 0.485 e. The van der Waals surface area contributed by atoms with E-state index in [1.54, 1.807) is 0 Å². The Hall–Kier alpha value is -2.16. The van der Waals surface area contributed by atoms with E-state index in [0.29, 0.717) is 30.7 Å². The first kappa shape index (κ1) is 17.3. The van der Waals surface area contributed by atoms with Gasteiger partial charge in [0.1, 0.15) is 18.1 Å². The molecule has 0 saturated carbocycles. The molecule has 0 saturated heterocycles. The van der Waals surface area contributed by atoms with E-state index in [1.807, 2.05) is 18.5 Å². The van der Waals surface area contributed by atoms with Crippen LogP contribution in [0.1, 0.15) is 16.8 Å². The summed E-state index contributed by atoms with van der Waals surface area (Å²) in [5.41, 5.74) is 4.35. The molecule has 7 nitrogen and oxygen atoms in total. The van der Waals surface area contributed by atoms with Gasteiger partial charge in [-0.15, -0.1) is 23.7 Å². The highest BCUT2D eigenvalue weighted by molar-refractivity contribution is 7.14. The lowest BCUT2D eigenvalue weighted by Gasteiger charge is -2.19. The lowest BCUT2D eigenvalue weighted by molar-refractivity contribution is 0.174. The lowest BCUT2D eigenvalue weighted by Crippen LogP contribution is -2.24. The summed E-state index contributed by atoms with van der Waals surface area (Å²) in [4.78, 5) is 9.95. The number of aryl methyl sites for hydroxylation is 1. The number of hydrogen-bond donors (Lipinski definition) is 1. The number of thiophene rings is 1. The van der Waals surface area contributed by atoms with E-state index in [1.165, 1.54) is 22.5 Å². The van der Waals surface area contributed by atoms with Crippen LogP contribution in [0.3, 0.4) is 0 Å². The molecule has 0 aliphatic carbocycles. The van der Waals surface area contributed by atoms with Gasteiger partial charge in [-0.2, -0.15) is 4.98 Å². The predicted octanol–water partition coefficient (Wildman–Crippen LogP) is 3.01. The van der Waals surface area contributed by atoms with Gasteiger partial charge >= 0.3 is 0 Å². The van der Waals surface area contributed by atoms with Crippen molar-refractivity contribution in [2.24, 2.45) is 0 Å². The second-order valence-corrected chi connectivity index (χ2v) is 6.91. The highest BCUT2D eigenvalue weighted by atomic mass is 35.5. The highest BCUT2D eigenvalue weighted by Crippen LogP contribution is 2.45. The van der Waals surface area contributed by atoms with Crippen LogP contribution in [-0.2, 0) is 13.0 Å². The zero-order valence-corrected chi connectivity index (χ0v) is 15.7. The van der Waals surface area contributed by atoms with Crippen LogP contribution >= 0.6 is 23.7 Å². The van der Waals surface area contributed by atoms with Crippen LogP contribution in [0.25, 0.3) is 22.2 Å². The van der Waals surface area contributed by atoms with Crippen LogP contribution in [0.2, 0.25) is 0 Å². The summed E-state index contributed by atoms with van der Waals surface area (Å²) in [6.45, 7) is 4.84. The SMILES string of the molecule is Cc1ncc2c(c1-c1noc(-c3scc4c3OCCO4)n1)CCNC2.Cl. The number of aromatic nitrogens is 3. The minimum atomic E-state index is 0. The van der Waals surface area contributed by atoms with Crippen molar-refractivity contribution in [2.45, 2.75) is 19.9 Å². The number of pyridine rings is 1. The Balaban J connectivity index is 0.00000168. The van der Waals surface area contributed by atoms with Crippen molar-refractivity contribution in [2.75, 3.05) is 19.8 Å². The summed E-state index contributed by atoms with van der Waals surface area (Å²) in [6, 6.07) is 0. The monoisotopic (exact) mass is 392 g/mol. The number of nitrogens with zero attached hydrogens (tertiary/aromatic N) is 3. The molecule has 0 atom stereocenters. The van der Waals surface area contributed by atoms with E-state index in [2.05, 4.69) is 20.4 Å². The fourth-order valence-electron chi connectivity index (χ4n) is 3.29. The number of fused-ring (bicyclic) bond motifs is 2. The first-order valence-electron chi connectivity index (χ1n) is 8.21. The maximum absolute atomic E-state index is 5.72. The molecule has 2 aliphatic heterocycles. The summed E-state index contributed by atoms with van der Waals surface area (Å²) in [5.74, 6) is 2.47. The topological polar surface area (TPSA) is 82.3 Å². The van der Waals surface area contributed by atoms with Crippen LogP contribution in [-0.4, -0.2) is 34.9 Å². The average molecular weight is 393 g/mol. The summed E-state index contributed by atoms with van der Waals surface area (Å²) in [6.07, 6.45) is 2.87. The van der Waals surface area contributed by atoms with Crippen LogP contribution in [0.4, 0.5) is 0 Å². The number of rotatable bonds is 2. The van der Waals surface area contributed by atoms with Crippen molar-refractivity contribution in [1.82, 2.24) is 20.4 Å². The van der Waals surface area contributed by atoms with Crippen molar-refractivity contribution in [3.05, 3.63) is 28.4 Å². The summed E-state index contributed by atoms with van der Waals surface area (Å²) >= 11 is 1.49. The highest BCUT2D eigenvalue weighted by Gasteiger charge is 2.26. The molecule has 3 aromatic rings. The molecule has 0 radical (unpaired) electrons. The third-order valence-corrected chi connectivity index (χ3v) is 5.41. The maximum atomic E-state index is 5.72. The fraction of sp³-hybridized carbons (Fsp3) is 0.353. The van der Waals surface area contributed by atoms with Crippen molar-refractivity contribution in [1.29, 1.82) is 0 Å². The van der Waals surface area contributed by atoms with E-state index in [-0.39, 0.29) is 12.4 Å². The van der Waals surface area contributed by atoms with Crippen molar-refractivity contribution in [3.63, 3.8) is 0 Å². The third kappa shape index (κ3) is 2.74. The minimum absolute atomic E-state index is 0. The van der Waals surface area contributed by atoms with Gasteiger partial charge in [-0.25, -0.2) is 0 Å². The number of hydrogen-bond acceptors (Lipinski definition) is 8. The molecule has 9 heteroatoms. The molecule has 136 valence electrons. The summed E-state index contributed by atoms with van der Waals surface area (Å²) < 4.78 is 16.9. The number of nitrogens with one attached hydrogen (secondary N) is 1. The minimum Gasteiger partial charge on any atom is -0.485 e. The van der Waals surface area contributed by atoms with E-state index in [9.17, 15) is 0 Å².